The van der Waals surface area contributed by atoms with Crippen LogP contribution in [-0.2, 0) is 6.42 Å². The molecule has 0 N–H and O–H groups in total. The zero-order valence-corrected chi connectivity index (χ0v) is 11.6. The van der Waals surface area contributed by atoms with Gasteiger partial charge in [0.2, 0.25) is 0 Å². The van der Waals surface area contributed by atoms with Crippen LogP contribution in [0, 0.1) is 0 Å². The number of pyridine rings is 1. The number of hydrogen-bond acceptors (Lipinski definition) is 2. The molecule has 0 aliphatic carbocycles. The first-order valence-electron chi connectivity index (χ1n) is 7.15. The normalized spacial score (nSPS) is 14.2. The molecular weight excluding hydrogens is 258 g/mol. The molecule has 0 saturated heterocycles. The second-order valence-corrected chi connectivity index (χ2v) is 5.08. The van der Waals surface area contributed by atoms with Crippen molar-refractivity contribution in [3.05, 3.63) is 83.9 Å². The quantitative estimate of drug-likeness (QED) is 0.563. The van der Waals surface area contributed by atoms with Crippen molar-refractivity contribution in [3.8, 4) is 5.69 Å². The zero-order valence-electron chi connectivity index (χ0n) is 11.6. The lowest BCUT2D eigenvalue weighted by molar-refractivity contribution is 0.923. The zero-order chi connectivity index (χ0) is 14.1. The van der Waals surface area contributed by atoms with E-state index in [1.807, 2.05) is 24.4 Å². The molecule has 0 spiro atoms. The highest BCUT2D eigenvalue weighted by atomic mass is 15.0. The largest absolute Gasteiger partial charge is 0.314 e. The van der Waals surface area contributed by atoms with Crippen LogP contribution in [0.5, 0.6) is 0 Å². The number of para-hydroxylation sites is 1. The van der Waals surface area contributed by atoms with Gasteiger partial charge in [-0.25, -0.2) is 0 Å². The number of hydrogen-bond donors (Lipinski definition) is 0. The number of rotatable bonds is 3. The van der Waals surface area contributed by atoms with Crippen LogP contribution in [0.1, 0.15) is 17.0 Å². The lowest BCUT2D eigenvalue weighted by Crippen LogP contribution is -2.02. The molecule has 2 aromatic heterocycles. The highest BCUT2D eigenvalue weighted by Gasteiger charge is 2.23. The summed E-state index contributed by atoms with van der Waals surface area (Å²) in [5, 5.41) is 0. The van der Waals surface area contributed by atoms with Crippen LogP contribution in [0.3, 0.4) is 0 Å². The Balaban J connectivity index is 1.65. The minimum Gasteiger partial charge on any atom is -0.314 e. The Kier molecular flexibility index (Phi) is 2.89. The predicted molar refractivity (Wildman–Crippen MR) is 84.2 cm³/mol. The minimum atomic E-state index is 0.756. The number of nitrogens with zero attached hydrogens (tertiary/aromatic N) is 3. The van der Waals surface area contributed by atoms with E-state index in [2.05, 4.69) is 52.1 Å². The third kappa shape index (κ3) is 2.07. The van der Waals surface area contributed by atoms with Gasteiger partial charge in [0.25, 0.3) is 0 Å². The molecule has 0 saturated carbocycles. The van der Waals surface area contributed by atoms with Crippen molar-refractivity contribution < 1.29 is 0 Å². The number of fused-ring (bicyclic) bond motifs is 3. The van der Waals surface area contributed by atoms with Crippen LogP contribution in [0.2, 0.25) is 0 Å². The van der Waals surface area contributed by atoms with Gasteiger partial charge < -0.3 is 4.57 Å². The highest BCUT2D eigenvalue weighted by Crippen LogP contribution is 2.28. The Morgan fingerprint density at radius 2 is 1.86 bits per heavy atom. The van der Waals surface area contributed by atoms with E-state index in [4.69, 9.17) is 4.99 Å². The molecule has 21 heavy (non-hydrogen) atoms. The van der Waals surface area contributed by atoms with Crippen molar-refractivity contribution in [1.82, 2.24) is 9.55 Å². The van der Waals surface area contributed by atoms with E-state index in [0.29, 0.717) is 0 Å². The van der Waals surface area contributed by atoms with Crippen LogP contribution in [0.25, 0.3) is 5.69 Å². The van der Waals surface area contributed by atoms with Crippen molar-refractivity contribution in [1.29, 1.82) is 0 Å². The van der Waals surface area contributed by atoms with Crippen molar-refractivity contribution >= 4 is 5.71 Å². The van der Waals surface area contributed by atoms with E-state index in [-0.39, 0.29) is 0 Å². The van der Waals surface area contributed by atoms with Crippen molar-refractivity contribution in [2.75, 3.05) is 6.54 Å². The van der Waals surface area contributed by atoms with E-state index in [0.717, 1.165) is 24.4 Å². The fourth-order valence-electron chi connectivity index (χ4n) is 2.80. The molecule has 3 nitrogen and oxygen atoms in total. The molecular formula is C18H15N3. The Morgan fingerprint density at radius 3 is 2.76 bits per heavy atom. The number of benzene rings is 1. The summed E-state index contributed by atoms with van der Waals surface area (Å²) in [5.74, 6) is 0. The first-order chi connectivity index (χ1) is 10.4. The highest BCUT2D eigenvalue weighted by molar-refractivity contribution is 6.17. The molecule has 0 fully saturated rings. The third-order valence-corrected chi connectivity index (χ3v) is 3.77. The third-order valence-electron chi connectivity index (χ3n) is 3.77. The second-order valence-electron chi connectivity index (χ2n) is 5.08. The first-order valence-corrected chi connectivity index (χ1v) is 7.15. The molecule has 0 amide bonds. The fourth-order valence-corrected chi connectivity index (χ4v) is 2.80. The summed E-state index contributed by atoms with van der Waals surface area (Å²) in [6.45, 7) is 0.756. The molecule has 0 radical (unpaired) electrons. The van der Waals surface area contributed by atoms with Gasteiger partial charge in [-0.15, -0.1) is 0 Å². The van der Waals surface area contributed by atoms with Gasteiger partial charge in [-0.1, -0.05) is 24.3 Å². The number of aromatic nitrogens is 2. The smallest absolute Gasteiger partial charge is 0.0908 e. The van der Waals surface area contributed by atoms with Crippen molar-refractivity contribution in [3.63, 3.8) is 0 Å². The lowest BCUT2D eigenvalue weighted by Gasteiger charge is -2.01. The van der Waals surface area contributed by atoms with Crippen molar-refractivity contribution in [2.24, 2.45) is 4.99 Å². The van der Waals surface area contributed by atoms with Gasteiger partial charge in [0.1, 0.15) is 0 Å². The van der Waals surface area contributed by atoms with E-state index >= 15 is 0 Å². The molecule has 3 heterocycles. The van der Waals surface area contributed by atoms with Crippen LogP contribution in [0.4, 0.5) is 0 Å². The van der Waals surface area contributed by atoms with E-state index < -0.39 is 0 Å². The molecule has 102 valence electrons. The van der Waals surface area contributed by atoms with Crippen LogP contribution in [-0.4, -0.2) is 21.8 Å². The van der Waals surface area contributed by atoms with E-state index in [1.165, 1.54) is 16.9 Å². The van der Waals surface area contributed by atoms with Crippen LogP contribution >= 0.6 is 0 Å². The Morgan fingerprint density at radius 1 is 0.952 bits per heavy atom. The molecule has 1 aromatic carbocycles. The Labute approximate surface area is 123 Å². The fraction of sp³-hybridized carbons (Fsp3) is 0.111. The van der Waals surface area contributed by atoms with Crippen molar-refractivity contribution in [2.45, 2.75) is 6.42 Å². The topological polar surface area (TPSA) is 30.2 Å². The summed E-state index contributed by atoms with van der Waals surface area (Å²) in [5.41, 5.74) is 5.79. The monoisotopic (exact) mass is 273 g/mol. The standard InChI is InChI=1S/C18H15N3/c1-2-8-16-15(7-1)18(17-9-5-13-21(16)17)20-12-10-14-6-3-4-11-19-14/h1-9,11,13H,10,12H2. The molecule has 1 aliphatic rings. The summed E-state index contributed by atoms with van der Waals surface area (Å²) in [6, 6.07) is 18.6. The molecule has 3 aromatic rings. The summed E-state index contributed by atoms with van der Waals surface area (Å²) in [7, 11) is 0. The van der Waals surface area contributed by atoms with Crippen LogP contribution in [0.15, 0.2) is 72.0 Å². The van der Waals surface area contributed by atoms with Gasteiger partial charge in [-0.05, 0) is 30.3 Å². The lowest BCUT2D eigenvalue weighted by atomic mass is 10.1. The maximum absolute atomic E-state index is 4.83. The molecule has 0 atom stereocenters. The summed E-state index contributed by atoms with van der Waals surface area (Å²) in [6.07, 6.45) is 4.79. The SMILES string of the molecule is c1ccc(CCN=C2c3ccccc3-n3cccc32)nc1. The average molecular weight is 273 g/mol. The van der Waals surface area contributed by atoms with Gasteiger partial charge in [0, 0.05) is 36.6 Å². The Bertz CT molecular complexity index is 800. The second kappa shape index (κ2) is 5.02. The maximum atomic E-state index is 4.83. The van der Waals surface area contributed by atoms with Gasteiger partial charge in [0.05, 0.1) is 17.1 Å². The average Bonchev–Trinajstić information content (AvgIpc) is 3.11. The van der Waals surface area contributed by atoms with Gasteiger partial charge in [0.15, 0.2) is 0 Å². The maximum Gasteiger partial charge on any atom is 0.0908 e. The predicted octanol–water partition coefficient (Wildman–Crippen LogP) is 3.27. The van der Waals surface area contributed by atoms with Gasteiger partial charge in [-0.3, -0.25) is 9.98 Å². The molecule has 3 heteroatoms. The van der Waals surface area contributed by atoms with E-state index in [1.54, 1.807) is 0 Å². The Hall–Kier alpha value is -2.68. The molecule has 0 unspecified atom stereocenters. The summed E-state index contributed by atoms with van der Waals surface area (Å²) >= 11 is 0. The minimum absolute atomic E-state index is 0.756. The van der Waals surface area contributed by atoms with Gasteiger partial charge >= 0.3 is 0 Å². The molecule has 1 aliphatic heterocycles. The van der Waals surface area contributed by atoms with Crippen LogP contribution < -0.4 is 0 Å². The first kappa shape index (κ1) is 12.1. The van der Waals surface area contributed by atoms with Gasteiger partial charge in [-0.2, -0.15) is 0 Å². The van der Waals surface area contributed by atoms with E-state index in [9.17, 15) is 0 Å². The molecule has 4 rings (SSSR count). The summed E-state index contributed by atoms with van der Waals surface area (Å²) < 4.78 is 2.20. The molecule has 0 bridgehead atoms. The summed E-state index contributed by atoms with van der Waals surface area (Å²) in [4.78, 5) is 9.18. The number of aliphatic imine (C=N–C) groups is 1.